The number of guanidine groups is 1. The molecule has 1 aliphatic rings. The van der Waals surface area contributed by atoms with Crippen LogP contribution in [0.1, 0.15) is 55.2 Å². The van der Waals surface area contributed by atoms with Crippen molar-refractivity contribution in [2.45, 2.75) is 52.2 Å². The van der Waals surface area contributed by atoms with Crippen LogP contribution in [0.5, 0.6) is 0 Å². The lowest BCUT2D eigenvalue weighted by molar-refractivity contribution is -0.123. The normalized spacial score (nSPS) is 17.1. The first-order chi connectivity index (χ1) is 14.9. The van der Waals surface area contributed by atoms with Crippen molar-refractivity contribution < 1.29 is 9.32 Å². The molecular weight excluding hydrogens is 519 g/mol. The highest BCUT2D eigenvalue weighted by molar-refractivity contribution is 14.0. The van der Waals surface area contributed by atoms with Gasteiger partial charge in [-0.15, -0.1) is 24.0 Å². The average molecular weight is 554 g/mol. The number of nitrogens with two attached hydrogens (primary N) is 1. The number of primary amides is 1. The molecule has 4 N–H and O–H groups in total. The Hall–Kier alpha value is -2.14. The lowest BCUT2D eigenvalue weighted by atomic mass is 9.97. The summed E-state index contributed by atoms with van der Waals surface area (Å²) in [5.41, 5.74) is 8.86. The predicted octanol–water partition coefficient (Wildman–Crippen LogP) is 2.98. The Bertz CT molecular complexity index is 898. The maximum atomic E-state index is 11.5. The van der Waals surface area contributed by atoms with Crippen LogP contribution >= 0.6 is 24.0 Å². The van der Waals surface area contributed by atoms with Crippen molar-refractivity contribution in [3.8, 4) is 0 Å². The van der Waals surface area contributed by atoms with E-state index >= 15 is 0 Å². The van der Waals surface area contributed by atoms with Gasteiger partial charge in [-0.25, -0.2) is 0 Å². The number of carbonyl (C=O) groups excluding carboxylic acids is 1. The van der Waals surface area contributed by atoms with Gasteiger partial charge in [-0.3, -0.25) is 14.7 Å². The van der Waals surface area contributed by atoms with Gasteiger partial charge in [0, 0.05) is 32.7 Å². The molecule has 0 bridgehead atoms. The van der Waals surface area contributed by atoms with Crippen molar-refractivity contribution in [1.82, 2.24) is 20.7 Å². The SMILES string of the molecule is CN=C(NCc1cccc(CN2CCCC(C(N)=O)C2)c1)NCc1cc(C(C)C)no1.I. The summed E-state index contributed by atoms with van der Waals surface area (Å²) in [7, 11) is 1.75. The number of halogens is 1. The van der Waals surface area contributed by atoms with Crippen LogP contribution in [0.25, 0.3) is 0 Å². The van der Waals surface area contributed by atoms with Crippen molar-refractivity contribution in [2.24, 2.45) is 16.6 Å². The first-order valence-corrected chi connectivity index (χ1v) is 10.9. The smallest absolute Gasteiger partial charge is 0.221 e. The quantitative estimate of drug-likeness (QED) is 0.263. The Kier molecular flexibility index (Phi) is 10.4. The fraction of sp³-hybridized carbons (Fsp3) is 0.522. The number of aromatic nitrogens is 1. The third-order valence-corrected chi connectivity index (χ3v) is 5.59. The topological polar surface area (TPSA) is 109 Å². The van der Waals surface area contributed by atoms with E-state index in [0.717, 1.165) is 43.9 Å². The van der Waals surface area contributed by atoms with Gasteiger partial charge in [0.25, 0.3) is 0 Å². The van der Waals surface area contributed by atoms with Gasteiger partial charge in [0.05, 0.1) is 18.2 Å². The highest BCUT2D eigenvalue weighted by Gasteiger charge is 2.23. The van der Waals surface area contributed by atoms with E-state index in [-0.39, 0.29) is 35.8 Å². The van der Waals surface area contributed by atoms with Crippen LogP contribution in [-0.2, 0) is 24.4 Å². The largest absolute Gasteiger partial charge is 0.369 e. The molecule has 1 amide bonds. The van der Waals surface area contributed by atoms with Gasteiger partial charge in [-0.05, 0) is 36.4 Å². The lowest BCUT2D eigenvalue weighted by Gasteiger charge is -2.31. The molecule has 1 aromatic heterocycles. The number of aliphatic imine (C=N–C) groups is 1. The number of likely N-dealkylation sites (tertiary alicyclic amines) is 1. The van der Waals surface area contributed by atoms with Gasteiger partial charge in [-0.1, -0.05) is 43.3 Å². The van der Waals surface area contributed by atoms with E-state index in [1.807, 2.05) is 6.07 Å². The number of carbonyl (C=O) groups is 1. The lowest BCUT2D eigenvalue weighted by Crippen LogP contribution is -2.40. The van der Waals surface area contributed by atoms with E-state index in [2.05, 4.69) is 63.8 Å². The summed E-state index contributed by atoms with van der Waals surface area (Å²) >= 11 is 0. The molecule has 0 spiro atoms. The van der Waals surface area contributed by atoms with E-state index < -0.39 is 0 Å². The van der Waals surface area contributed by atoms with Crippen LogP contribution in [0.3, 0.4) is 0 Å². The summed E-state index contributed by atoms with van der Waals surface area (Å²) in [6.45, 7) is 7.93. The molecule has 1 fully saturated rings. The second-order valence-corrected chi connectivity index (χ2v) is 8.45. The van der Waals surface area contributed by atoms with Crippen molar-refractivity contribution >= 4 is 35.8 Å². The molecule has 1 atom stereocenters. The Balaban J connectivity index is 0.00000363. The first kappa shape index (κ1) is 26.1. The summed E-state index contributed by atoms with van der Waals surface area (Å²) in [5.74, 6) is 1.60. The highest BCUT2D eigenvalue weighted by atomic mass is 127. The number of nitrogens with zero attached hydrogens (tertiary/aromatic N) is 3. The maximum absolute atomic E-state index is 11.5. The van der Waals surface area contributed by atoms with Crippen LogP contribution in [-0.4, -0.2) is 42.1 Å². The second-order valence-electron chi connectivity index (χ2n) is 8.45. The number of hydrogen-bond donors (Lipinski definition) is 3. The summed E-state index contributed by atoms with van der Waals surface area (Å²) in [6.07, 6.45) is 1.91. The summed E-state index contributed by atoms with van der Waals surface area (Å²) in [5, 5.41) is 10.7. The first-order valence-electron chi connectivity index (χ1n) is 10.9. The Labute approximate surface area is 207 Å². The minimum atomic E-state index is -0.188. The van der Waals surface area contributed by atoms with E-state index in [1.54, 1.807) is 7.05 Å². The number of piperidine rings is 1. The van der Waals surface area contributed by atoms with Gasteiger partial charge >= 0.3 is 0 Å². The van der Waals surface area contributed by atoms with Crippen molar-refractivity contribution in [3.63, 3.8) is 0 Å². The minimum Gasteiger partial charge on any atom is -0.369 e. The van der Waals surface area contributed by atoms with E-state index in [4.69, 9.17) is 10.3 Å². The molecule has 3 rings (SSSR count). The van der Waals surface area contributed by atoms with Crippen molar-refractivity contribution in [3.05, 3.63) is 52.9 Å². The summed E-state index contributed by atoms with van der Waals surface area (Å²) in [4.78, 5) is 18.1. The van der Waals surface area contributed by atoms with E-state index in [9.17, 15) is 4.79 Å². The summed E-state index contributed by atoms with van der Waals surface area (Å²) in [6, 6.07) is 10.5. The zero-order valence-corrected chi connectivity index (χ0v) is 21.5. The maximum Gasteiger partial charge on any atom is 0.221 e. The Morgan fingerprint density at radius 2 is 2.03 bits per heavy atom. The molecule has 0 saturated carbocycles. The molecule has 8 nitrogen and oxygen atoms in total. The minimum absolute atomic E-state index is 0. The van der Waals surface area contributed by atoms with Crippen LogP contribution in [0.15, 0.2) is 39.8 Å². The number of amides is 1. The van der Waals surface area contributed by atoms with Crippen LogP contribution in [0.4, 0.5) is 0 Å². The van der Waals surface area contributed by atoms with Crippen LogP contribution in [0, 0.1) is 5.92 Å². The molecule has 0 radical (unpaired) electrons. The number of hydrogen-bond acceptors (Lipinski definition) is 5. The molecule has 2 aromatic rings. The van der Waals surface area contributed by atoms with E-state index in [0.29, 0.717) is 25.0 Å². The van der Waals surface area contributed by atoms with Crippen molar-refractivity contribution in [1.29, 1.82) is 0 Å². The average Bonchev–Trinajstić information content (AvgIpc) is 3.24. The van der Waals surface area contributed by atoms with Crippen LogP contribution < -0.4 is 16.4 Å². The number of rotatable bonds is 8. The Morgan fingerprint density at radius 3 is 2.72 bits per heavy atom. The van der Waals surface area contributed by atoms with Crippen molar-refractivity contribution in [2.75, 3.05) is 20.1 Å². The molecule has 9 heteroatoms. The summed E-state index contributed by atoms with van der Waals surface area (Å²) < 4.78 is 5.36. The zero-order valence-electron chi connectivity index (χ0n) is 19.1. The van der Waals surface area contributed by atoms with Gasteiger partial charge in [0.1, 0.15) is 0 Å². The standard InChI is InChI=1S/C23H34N6O2.HI/c1-16(2)21-11-20(31-28-21)13-27-23(25-3)26-12-17-6-4-7-18(10-17)14-29-9-5-8-19(15-29)22(24)30;/h4,6-7,10-11,16,19H,5,8-9,12-15H2,1-3H3,(H2,24,30)(H2,25,26,27);1H. The second kappa shape index (κ2) is 12.8. The molecule has 1 unspecified atom stereocenters. The Morgan fingerprint density at radius 1 is 1.28 bits per heavy atom. The number of benzene rings is 1. The fourth-order valence-corrected chi connectivity index (χ4v) is 3.79. The zero-order chi connectivity index (χ0) is 22.2. The molecule has 32 heavy (non-hydrogen) atoms. The predicted molar refractivity (Wildman–Crippen MR) is 137 cm³/mol. The molecule has 0 aliphatic carbocycles. The molecule has 2 heterocycles. The molecule has 1 saturated heterocycles. The molecule has 1 aliphatic heterocycles. The van der Waals surface area contributed by atoms with E-state index in [1.165, 1.54) is 11.1 Å². The van der Waals surface area contributed by atoms with Crippen LogP contribution in [0.2, 0.25) is 0 Å². The third-order valence-electron chi connectivity index (χ3n) is 5.59. The monoisotopic (exact) mass is 554 g/mol. The third kappa shape index (κ3) is 7.77. The highest BCUT2D eigenvalue weighted by Crippen LogP contribution is 2.19. The van der Waals surface area contributed by atoms with Gasteiger partial charge < -0.3 is 20.9 Å². The molecule has 176 valence electrons. The van der Waals surface area contributed by atoms with Gasteiger partial charge in [-0.2, -0.15) is 0 Å². The molecular formula is C23H35IN6O2. The number of nitrogens with one attached hydrogen (secondary N) is 2. The van der Waals surface area contributed by atoms with Gasteiger partial charge in [0.15, 0.2) is 11.7 Å². The fourth-order valence-electron chi connectivity index (χ4n) is 3.79. The molecule has 1 aromatic carbocycles. The van der Waals surface area contributed by atoms with Gasteiger partial charge in [0.2, 0.25) is 5.91 Å².